The molecule has 1 aromatic rings. The number of rotatable bonds is 7. The fourth-order valence-corrected chi connectivity index (χ4v) is 1.59. The Labute approximate surface area is 106 Å². The van der Waals surface area contributed by atoms with Crippen LogP contribution in [0.5, 0.6) is 0 Å². The average molecular weight is 251 g/mol. The van der Waals surface area contributed by atoms with E-state index in [9.17, 15) is 9.59 Å². The van der Waals surface area contributed by atoms with Gasteiger partial charge in [-0.3, -0.25) is 9.59 Å². The van der Waals surface area contributed by atoms with Gasteiger partial charge in [-0.25, -0.2) is 0 Å². The van der Waals surface area contributed by atoms with Gasteiger partial charge in [0.15, 0.2) is 0 Å². The predicted molar refractivity (Wildman–Crippen MR) is 67.9 cm³/mol. The van der Waals surface area contributed by atoms with E-state index in [1.807, 2.05) is 36.2 Å². The molecule has 5 heteroatoms. The molecule has 0 amide bonds. The van der Waals surface area contributed by atoms with Crippen LogP contribution in [0.1, 0.15) is 18.4 Å². The third kappa shape index (κ3) is 4.86. The lowest BCUT2D eigenvalue weighted by molar-refractivity contribution is -0.137. The largest absolute Gasteiger partial charge is 0.481 e. The van der Waals surface area contributed by atoms with Crippen LogP contribution in [0.25, 0.3) is 0 Å². The molecule has 5 nitrogen and oxygen atoms in total. The maximum atomic E-state index is 10.5. The van der Waals surface area contributed by atoms with Crippen LogP contribution in [0, 0.1) is 0 Å². The maximum Gasteiger partial charge on any atom is 0.305 e. The molecule has 0 spiro atoms. The summed E-state index contributed by atoms with van der Waals surface area (Å²) in [5.41, 5.74) is 1.84. The second kappa shape index (κ2) is 6.64. The van der Waals surface area contributed by atoms with E-state index in [2.05, 4.69) is 0 Å². The highest BCUT2D eigenvalue weighted by Crippen LogP contribution is 2.16. The maximum absolute atomic E-state index is 10.5. The number of nitrogens with zero attached hydrogens (tertiary/aromatic N) is 1. The van der Waals surface area contributed by atoms with Crippen molar-refractivity contribution in [1.29, 1.82) is 0 Å². The highest BCUT2D eigenvalue weighted by Gasteiger charge is 2.05. The Kier molecular flexibility index (Phi) is 5.17. The number of carboxylic acids is 2. The second-order valence-corrected chi connectivity index (χ2v) is 4.13. The Morgan fingerprint density at radius 1 is 1.17 bits per heavy atom. The van der Waals surface area contributed by atoms with Gasteiger partial charge in [0.2, 0.25) is 0 Å². The number of benzene rings is 1. The van der Waals surface area contributed by atoms with Crippen LogP contribution >= 0.6 is 0 Å². The molecule has 0 fully saturated rings. The topological polar surface area (TPSA) is 77.8 Å². The number of hydrogen-bond acceptors (Lipinski definition) is 3. The van der Waals surface area contributed by atoms with E-state index in [0.717, 1.165) is 11.3 Å². The van der Waals surface area contributed by atoms with Gasteiger partial charge in [-0.1, -0.05) is 12.1 Å². The molecule has 0 heterocycles. The summed E-state index contributed by atoms with van der Waals surface area (Å²) in [5.74, 6) is -1.65. The zero-order valence-electron chi connectivity index (χ0n) is 10.3. The normalized spacial score (nSPS) is 10.1. The molecule has 1 aromatic carbocycles. The number of hydrogen-bond donors (Lipinski definition) is 2. The van der Waals surface area contributed by atoms with Gasteiger partial charge in [0.1, 0.15) is 0 Å². The fourth-order valence-electron chi connectivity index (χ4n) is 1.59. The van der Waals surface area contributed by atoms with E-state index >= 15 is 0 Å². The van der Waals surface area contributed by atoms with Crippen LogP contribution in [0.15, 0.2) is 24.3 Å². The summed E-state index contributed by atoms with van der Waals surface area (Å²) in [5, 5.41) is 17.2. The van der Waals surface area contributed by atoms with E-state index < -0.39 is 11.9 Å². The smallest absolute Gasteiger partial charge is 0.305 e. The van der Waals surface area contributed by atoms with Crippen molar-refractivity contribution in [1.82, 2.24) is 0 Å². The molecule has 2 N–H and O–H groups in total. The van der Waals surface area contributed by atoms with Gasteiger partial charge in [-0.2, -0.15) is 0 Å². The zero-order valence-corrected chi connectivity index (χ0v) is 10.3. The van der Waals surface area contributed by atoms with Crippen molar-refractivity contribution in [3.8, 4) is 0 Å². The van der Waals surface area contributed by atoms with Crippen molar-refractivity contribution >= 4 is 17.6 Å². The van der Waals surface area contributed by atoms with Crippen LogP contribution in [-0.2, 0) is 16.0 Å². The summed E-state index contributed by atoms with van der Waals surface area (Å²) in [7, 11) is 1.82. The standard InChI is InChI=1S/C13H17NO4/c1-14(8-7-13(17)18)11-4-2-3-10(9-11)5-6-12(15)16/h2-4,9H,5-8H2,1H3,(H,15,16)(H,17,18). The van der Waals surface area contributed by atoms with E-state index in [-0.39, 0.29) is 12.8 Å². The van der Waals surface area contributed by atoms with Crippen molar-refractivity contribution < 1.29 is 19.8 Å². The Morgan fingerprint density at radius 2 is 1.83 bits per heavy atom. The SMILES string of the molecule is CN(CCC(=O)O)c1cccc(CCC(=O)O)c1. The van der Waals surface area contributed by atoms with Gasteiger partial charge < -0.3 is 15.1 Å². The Balaban J connectivity index is 2.62. The Morgan fingerprint density at radius 3 is 2.44 bits per heavy atom. The van der Waals surface area contributed by atoms with E-state index in [0.29, 0.717) is 13.0 Å². The first-order chi connectivity index (χ1) is 8.49. The summed E-state index contributed by atoms with van der Waals surface area (Å²) >= 11 is 0. The molecule has 1 rings (SSSR count). The predicted octanol–water partition coefficient (Wildman–Crippen LogP) is 1.61. The van der Waals surface area contributed by atoms with Crippen molar-refractivity contribution in [2.75, 3.05) is 18.5 Å². The van der Waals surface area contributed by atoms with Gasteiger partial charge in [-0.15, -0.1) is 0 Å². The van der Waals surface area contributed by atoms with Crippen LogP contribution < -0.4 is 4.90 Å². The van der Waals surface area contributed by atoms with Gasteiger partial charge in [-0.05, 0) is 24.1 Å². The lowest BCUT2D eigenvalue weighted by atomic mass is 10.1. The van der Waals surface area contributed by atoms with Crippen molar-refractivity contribution in [3.05, 3.63) is 29.8 Å². The molecule has 0 atom stereocenters. The summed E-state index contributed by atoms with van der Waals surface area (Å²) < 4.78 is 0. The highest BCUT2D eigenvalue weighted by atomic mass is 16.4. The molecule has 0 aromatic heterocycles. The second-order valence-electron chi connectivity index (χ2n) is 4.13. The van der Waals surface area contributed by atoms with Crippen molar-refractivity contribution in [2.24, 2.45) is 0 Å². The Hall–Kier alpha value is -2.04. The van der Waals surface area contributed by atoms with Crippen LogP contribution in [0.2, 0.25) is 0 Å². The van der Waals surface area contributed by atoms with E-state index in [1.165, 1.54) is 0 Å². The zero-order chi connectivity index (χ0) is 13.5. The molecule has 98 valence electrons. The quantitative estimate of drug-likeness (QED) is 0.769. The number of aliphatic carboxylic acids is 2. The molecule has 0 aliphatic carbocycles. The highest BCUT2D eigenvalue weighted by molar-refractivity contribution is 5.68. The number of aryl methyl sites for hydroxylation is 1. The minimum Gasteiger partial charge on any atom is -0.481 e. The minimum absolute atomic E-state index is 0.0792. The minimum atomic E-state index is -0.830. The summed E-state index contributed by atoms with van der Waals surface area (Å²) in [4.78, 5) is 22.8. The number of anilines is 1. The first kappa shape index (κ1) is 14.0. The number of carbonyl (C=O) groups is 2. The summed E-state index contributed by atoms with van der Waals surface area (Å²) in [6.07, 6.45) is 0.661. The van der Waals surface area contributed by atoms with Crippen molar-refractivity contribution in [2.45, 2.75) is 19.3 Å². The molecular weight excluding hydrogens is 234 g/mol. The molecule has 0 aliphatic heterocycles. The van der Waals surface area contributed by atoms with Crippen molar-refractivity contribution in [3.63, 3.8) is 0 Å². The fraction of sp³-hybridized carbons (Fsp3) is 0.385. The van der Waals surface area contributed by atoms with Gasteiger partial charge in [0, 0.05) is 25.7 Å². The summed E-state index contributed by atoms with van der Waals surface area (Å²) in [6.45, 7) is 0.428. The van der Waals surface area contributed by atoms with Crippen LogP contribution in [-0.4, -0.2) is 35.7 Å². The molecule has 0 radical (unpaired) electrons. The third-order valence-corrected chi connectivity index (χ3v) is 2.64. The molecule has 0 bridgehead atoms. The molecular formula is C13H17NO4. The van der Waals surface area contributed by atoms with Gasteiger partial charge in [0.05, 0.1) is 6.42 Å². The van der Waals surface area contributed by atoms with E-state index in [1.54, 1.807) is 0 Å². The lowest BCUT2D eigenvalue weighted by Crippen LogP contribution is -2.21. The molecule has 18 heavy (non-hydrogen) atoms. The summed E-state index contributed by atoms with van der Waals surface area (Å²) in [6, 6.07) is 7.50. The van der Waals surface area contributed by atoms with Gasteiger partial charge >= 0.3 is 11.9 Å². The van der Waals surface area contributed by atoms with Gasteiger partial charge in [0.25, 0.3) is 0 Å². The molecule has 0 saturated heterocycles. The molecule has 0 unspecified atom stereocenters. The van der Waals surface area contributed by atoms with Crippen LogP contribution in [0.4, 0.5) is 5.69 Å². The number of carboxylic acid groups (broad SMARTS) is 2. The molecule has 0 aliphatic rings. The third-order valence-electron chi connectivity index (χ3n) is 2.64. The van der Waals surface area contributed by atoms with E-state index in [4.69, 9.17) is 10.2 Å². The van der Waals surface area contributed by atoms with Crippen LogP contribution in [0.3, 0.4) is 0 Å². The Bertz CT molecular complexity index is 431. The monoisotopic (exact) mass is 251 g/mol. The first-order valence-electron chi connectivity index (χ1n) is 5.72. The average Bonchev–Trinajstić information content (AvgIpc) is 2.33. The lowest BCUT2D eigenvalue weighted by Gasteiger charge is -2.18. The molecule has 0 saturated carbocycles. The first-order valence-corrected chi connectivity index (χ1v) is 5.72.